The molecule has 0 aliphatic carbocycles. The Kier molecular flexibility index (Phi) is 4.89. The van der Waals surface area contributed by atoms with Crippen LogP contribution < -0.4 is 0 Å². The third-order valence-electron chi connectivity index (χ3n) is 5.12. The van der Waals surface area contributed by atoms with Crippen molar-refractivity contribution in [2.45, 2.75) is 31.1 Å². The summed E-state index contributed by atoms with van der Waals surface area (Å²) in [5, 5.41) is 9.72. The van der Waals surface area contributed by atoms with Crippen LogP contribution in [0.1, 0.15) is 31.2 Å². The molecular weight excluding hydrogens is 312 g/mol. The highest BCUT2D eigenvalue weighted by Crippen LogP contribution is 2.38. The van der Waals surface area contributed by atoms with E-state index in [9.17, 15) is 4.79 Å². The second-order valence-electron chi connectivity index (χ2n) is 6.40. The summed E-state index contributed by atoms with van der Waals surface area (Å²) in [4.78, 5) is 15.2. The minimum absolute atomic E-state index is 0.0835. The molecule has 2 aliphatic rings. The topological polar surface area (TPSA) is 53.3 Å². The van der Waals surface area contributed by atoms with Crippen molar-refractivity contribution < 1.29 is 9.53 Å². The third kappa shape index (κ3) is 3.22. The maximum absolute atomic E-state index is 13.3. The van der Waals surface area contributed by atoms with Crippen LogP contribution in [0.3, 0.4) is 0 Å². The SMILES string of the molecule is N#CC1CCN(C(=O)C2(c3ccc(Cl)cc3)CCOCC2)CC1. The van der Waals surface area contributed by atoms with Gasteiger partial charge < -0.3 is 9.64 Å². The number of hydrogen-bond donors (Lipinski definition) is 0. The van der Waals surface area contributed by atoms with Gasteiger partial charge >= 0.3 is 0 Å². The first-order valence-electron chi connectivity index (χ1n) is 8.18. The lowest BCUT2D eigenvalue weighted by Crippen LogP contribution is -2.52. The zero-order valence-corrected chi connectivity index (χ0v) is 13.9. The molecule has 23 heavy (non-hydrogen) atoms. The summed E-state index contributed by atoms with van der Waals surface area (Å²) in [7, 11) is 0. The second-order valence-corrected chi connectivity index (χ2v) is 6.83. The number of piperidine rings is 1. The van der Waals surface area contributed by atoms with E-state index < -0.39 is 5.41 Å². The van der Waals surface area contributed by atoms with Crippen LogP contribution in [-0.2, 0) is 14.9 Å². The van der Waals surface area contributed by atoms with Gasteiger partial charge in [-0.1, -0.05) is 23.7 Å². The van der Waals surface area contributed by atoms with Crippen LogP contribution in [0.5, 0.6) is 0 Å². The van der Waals surface area contributed by atoms with Crippen molar-refractivity contribution in [1.82, 2.24) is 4.90 Å². The van der Waals surface area contributed by atoms with Crippen LogP contribution in [0.25, 0.3) is 0 Å². The Hall–Kier alpha value is -1.57. The molecule has 4 nitrogen and oxygen atoms in total. The number of nitriles is 1. The number of ether oxygens (including phenoxy) is 1. The van der Waals surface area contributed by atoms with Crippen LogP contribution in [0.4, 0.5) is 0 Å². The first kappa shape index (κ1) is 16.3. The molecule has 1 amide bonds. The highest BCUT2D eigenvalue weighted by molar-refractivity contribution is 6.30. The highest BCUT2D eigenvalue weighted by Gasteiger charge is 2.44. The molecule has 1 aromatic carbocycles. The van der Waals surface area contributed by atoms with Gasteiger partial charge in [-0.2, -0.15) is 5.26 Å². The molecule has 2 aliphatic heterocycles. The van der Waals surface area contributed by atoms with Crippen LogP contribution >= 0.6 is 11.6 Å². The van der Waals surface area contributed by atoms with Gasteiger partial charge in [-0.15, -0.1) is 0 Å². The normalized spacial score (nSPS) is 21.7. The summed E-state index contributed by atoms with van der Waals surface area (Å²) < 4.78 is 5.50. The molecular formula is C18H21ClN2O2. The number of rotatable bonds is 2. The van der Waals surface area contributed by atoms with E-state index in [-0.39, 0.29) is 11.8 Å². The minimum atomic E-state index is -0.512. The van der Waals surface area contributed by atoms with E-state index in [1.807, 2.05) is 29.2 Å². The van der Waals surface area contributed by atoms with Gasteiger partial charge in [0.15, 0.2) is 0 Å². The molecule has 0 bridgehead atoms. The predicted molar refractivity (Wildman–Crippen MR) is 88.1 cm³/mol. The lowest BCUT2D eigenvalue weighted by molar-refractivity contribution is -0.142. The zero-order valence-electron chi connectivity index (χ0n) is 13.1. The molecule has 5 heteroatoms. The molecule has 0 atom stereocenters. The fourth-order valence-corrected chi connectivity index (χ4v) is 3.76. The Morgan fingerprint density at radius 1 is 1.22 bits per heavy atom. The van der Waals surface area contributed by atoms with Gasteiger partial charge in [0.05, 0.1) is 11.5 Å². The van der Waals surface area contributed by atoms with Crippen molar-refractivity contribution in [3.05, 3.63) is 34.9 Å². The van der Waals surface area contributed by atoms with E-state index in [2.05, 4.69) is 6.07 Å². The summed E-state index contributed by atoms with van der Waals surface area (Å²) in [5.41, 5.74) is 0.514. The summed E-state index contributed by atoms with van der Waals surface area (Å²) in [6.07, 6.45) is 2.95. The molecule has 0 aromatic heterocycles. The summed E-state index contributed by atoms with van der Waals surface area (Å²) in [5.74, 6) is 0.264. The number of halogens is 1. The van der Waals surface area contributed by atoms with Crippen LogP contribution in [0, 0.1) is 17.2 Å². The number of amides is 1. The van der Waals surface area contributed by atoms with Crippen LogP contribution in [-0.4, -0.2) is 37.1 Å². The van der Waals surface area contributed by atoms with Crippen LogP contribution in [0.15, 0.2) is 24.3 Å². The molecule has 2 saturated heterocycles. The van der Waals surface area contributed by atoms with Crippen molar-refractivity contribution in [3.8, 4) is 6.07 Å². The number of benzene rings is 1. The standard InChI is InChI=1S/C18H21ClN2O2/c19-16-3-1-15(2-4-16)18(7-11-23-12-8-18)17(22)21-9-5-14(13-20)6-10-21/h1-4,14H,5-12H2. The summed E-state index contributed by atoms with van der Waals surface area (Å²) in [6.45, 7) is 2.55. The average Bonchev–Trinajstić information content (AvgIpc) is 2.62. The molecule has 0 N–H and O–H groups in total. The molecule has 1 aromatic rings. The molecule has 2 heterocycles. The fourth-order valence-electron chi connectivity index (χ4n) is 3.63. The van der Waals surface area contributed by atoms with Crippen molar-refractivity contribution in [1.29, 1.82) is 5.26 Å². The fraction of sp³-hybridized carbons (Fsp3) is 0.556. The molecule has 0 spiro atoms. The van der Waals surface area contributed by atoms with Crippen molar-refractivity contribution in [3.63, 3.8) is 0 Å². The Bertz CT molecular complexity index is 594. The average molecular weight is 333 g/mol. The Morgan fingerprint density at radius 2 is 1.83 bits per heavy atom. The monoisotopic (exact) mass is 332 g/mol. The number of carbonyl (C=O) groups is 1. The van der Waals surface area contributed by atoms with Gasteiger partial charge in [0.2, 0.25) is 5.91 Å². The van der Waals surface area contributed by atoms with Gasteiger partial charge in [-0.25, -0.2) is 0 Å². The number of carbonyl (C=O) groups excluding carboxylic acids is 1. The van der Waals surface area contributed by atoms with Crippen LogP contribution in [0.2, 0.25) is 5.02 Å². The van der Waals surface area contributed by atoms with Gasteiger partial charge in [-0.05, 0) is 43.4 Å². The number of hydrogen-bond acceptors (Lipinski definition) is 3. The first-order valence-corrected chi connectivity index (χ1v) is 8.56. The molecule has 0 unspecified atom stereocenters. The van der Waals surface area contributed by atoms with Crippen molar-refractivity contribution in [2.75, 3.05) is 26.3 Å². The lowest BCUT2D eigenvalue weighted by atomic mass is 9.72. The minimum Gasteiger partial charge on any atom is -0.381 e. The largest absolute Gasteiger partial charge is 0.381 e. The van der Waals surface area contributed by atoms with Gasteiger partial charge in [0, 0.05) is 37.2 Å². The van der Waals surface area contributed by atoms with Crippen molar-refractivity contribution >= 4 is 17.5 Å². The van der Waals surface area contributed by atoms with E-state index >= 15 is 0 Å². The zero-order chi connectivity index (χ0) is 16.3. The number of likely N-dealkylation sites (tertiary alicyclic amines) is 1. The molecule has 3 rings (SSSR count). The quantitative estimate of drug-likeness (QED) is 0.836. The number of nitrogens with zero attached hydrogens (tertiary/aromatic N) is 2. The maximum Gasteiger partial charge on any atom is 0.233 e. The summed E-state index contributed by atoms with van der Waals surface area (Å²) >= 11 is 6.01. The second kappa shape index (κ2) is 6.90. The van der Waals surface area contributed by atoms with E-state index in [1.54, 1.807) is 0 Å². The predicted octanol–water partition coefficient (Wildman–Crippen LogP) is 3.15. The highest BCUT2D eigenvalue weighted by atomic mass is 35.5. The maximum atomic E-state index is 13.3. The Morgan fingerprint density at radius 3 is 2.39 bits per heavy atom. The molecule has 0 saturated carbocycles. The molecule has 122 valence electrons. The van der Waals surface area contributed by atoms with E-state index in [0.29, 0.717) is 44.2 Å². The van der Waals surface area contributed by atoms with Gasteiger partial charge in [0.1, 0.15) is 0 Å². The van der Waals surface area contributed by atoms with Crippen molar-refractivity contribution in [2.24, 2.45) is 5.92 Å². The Labute approximate surface area is 142 Å². The van der Waals surface area contributed by atoms with E-state index in [0.717, 1.165) is 18.4 Å². The van der Waals surface area contributed by atoms with E-state index in [1.165, 1.54) is 0 Å². The van der Waals surface area contributed by atoms with Gasteiger partial charge in [0.25, 0.3) is 0 Å². The van der Waals surface area contributed by atoms with E-state index in [4.69, 9.17) is 21.6 Å². The molecule has 0 radical (unpaired) electrons. The smallest absolute Gasteiger partial charge is 0.233 e. The molecule has 2 fully saturated rings. The summed E-state index contributed by atoms with van der Waals surface area (Å²) in [6, 6.07) is 9.95. The first-order chi connectivity index (χ1) is 11.2. The van der Waals surface area contributed by atoms with Gasteiger partial charge in [-0.3, -0.25) is 4.79 Å². The third-order valence-corrected chi connectivity index (χ3v) is 5.37. The Balaban J connectivity index is 1.85. The lowest BCUT2D eigenvalue weighted by Gasteiger charge is -2.41.